The maximum atomic E-state index is 6.08. The average Bonchev–Trinajstić information content (AvgIpc) is 3.45. The first-order valence-corrected chi connectivity index (χ1v) is 22.4. The number of fused-ring (bicyclic) bond motifs is 3. The van der Waals surface area contributed by atoms with Crippen LogP contribution in [0.4, 0.5) is 0 Å². The first-order chi connectivity index (χ1) is 24.2. The minimum absolute atomic E-state index is 0. The summed E-state index contributed by atoms with van der Waals surface area (Å²) in [5, 5.41) is 3.60. The van der Waals surface area contributed by atoms with E-state index in [0.717, 1.165) is 57.8 Å². The van der Waals surface area contributed by atoms with Gasteiger partial charge < -0.3 is 14.4 Å². The standard InChI is InChI=1S/C24H34NSi.C22H21N2O.Ir/c1-18(2)14-22-16-23(25-17-24(22)26(3,4)5)21-13-9-12-20(15-21)19-10-7-6-8-11-19;1-14-8-9-17-16-6-5-7-18(20(16)25-21(17)24-14)19-12-15(10-11-23-19)13-22(2,3)4;/h9,12,15-19H,6-8,10-11,14H2,1-5H3;5-6,8-12H,13H2,1-4H3;/q2*-1;. The van der Waals surface area contributed by atoms with Crippen LogP contribution in [0.15, 0.2) is 77.5 Å². The van der Waals surface area contributed by atoms with Crippen LogP contribution in [0, 0.1) is 30.4 Å². The molecule has 1 aliphatic carbocycles. The summed E-state index contributed by atoms with van der Waals surface area (Å²) < 4.78 is 6.08. The van der Waals surface area contributed by atoms with Crippen LogP contribution in [-0.2, 0) is 32.9 Å². The first-order valence-electron chi connectivity index (χ1n) is 18.9. The molecule has 1 fully saturated rings. The van der Waals surface area contributed by atoms with Crippen LogP contribution in [0.3, 0.4) is 0 Å². The van der Waals surface area contributed by atoms with Crippen molar-refractivity contribution in [2.24, 2.45) is 11.3 Å². The van der Waals surface area contributed by atoms with Gasteiger partial charge in [-0.3, -0.25) is 0 Å². The van der Waals surface area contributed by atoms with Gasteiger partial charge in [-0.25, -0.2) is 4.98 Å². The Morgan fingerprint density at radius 2 is 1.62 bits per heavy atom. The second kappa shape index (κ2) is 16.7. The SMILES string of the molecule is CC(C)Cc1cc(-c2[c-]ccc(C3CCCCC3)c2)ncc1[Si](C)(C)C.Cc1ccc2c(n1)oc1c(-c3cc(CC(C)(C)C)ccn3)[c-]ccc12.[Ir]. The Bertz CT molecular complexity index is 2120. The Morgan fingerprint density at radius 3 is 2.33 bits per heavy atom. The van der Waals surface area contributed by atoms with Gasteiger partial charge in [0.2, 0.25) is 5.71 Å². The summed E-state index contributed by atoms with van der Waals surface area (Å²) in [7, 11) is -1.38. The monoisotopic (exact) mass is 886 g/mol. The molecule has 7 rings (SSSR count). The summed E-state index contributed by atoms with van der Waals surface area (Å²) in [6.45, 7) is 20.6. The van der Waals surface area contributed by atoms with E-state index in [9.17, 15) is 0 Å². The maximum Gasteiger partial charge on any atom is 0.216 e. The normalized spacial score (nSPS) is 14.0. The molecule has 6 aromatic rings. The second-order valence-electron chi connectivity index (χ2n) is 17.2. The summed E-state index contributed by atoms with van der Waals surface area (Å²) in [5.41, 5.74) is 11.0. The minimum atomic E-state index is -1.38. The number of aryl methyl sites for hydroxylation is 1. The summed E-state index contributed by atoms with van der Waals surface area (Å²) in [6.07, 6.45) is 13.0. The number of benzene rings is 2. The van der Waals surface area contributed by atoms with Crippen LogP contribution in [0.25, 0.3) is 44.6 Å². The third-order valence-electron chi connectivity index (χ3n) is 9.86. The van der Waals surface area contributed by atoms with E-state index in [1.165, 1.54) is 59.5 Å². The Balaban J connectivity index is 0.000000197. The molecule has 0 spiro atoms. The zero-order chi connectivity index (χ0) is 36.3. The van der Waals surface area contributed by atoms with Crippen LogP contribution in [0.2, 0.25) is 19.6 Å². The summed E-state index contributed by atoms with van der Waals surface area (Å²) in [6, 6.07) is 28.1. The fourth-order valence-electron chi connectivity index (χ4n) is 7.49. The number of rotatable bonds is 7. The van der Waals surface area contributed by atoms with Crippen molar-refractivity contribution in [3.05, 3.63) is 108 Å². The fraction of sp³-hybridized carbons (Fsp3) is 0.413. The van der Waals surface area contributed by atoms with Crippen LogP contribution < -0.4 is 5.19 Å². The van der Waals surface area contributed by atoms with Crippen molar-refractivity contribution in [1.29, 1.82) is 0 Å². The third kappa shape index (κ3) is 9.75. The molecule has 52 heavy (non-hydrogen) atoms. The van der Waals surface area contributed by atoms with Gasteiger partial charge in [0.1, 0.15) is 0 Å². The number of nitrogens with zero attached hydrogens (tertiary/aromatic N) is 3. The molecule has 4 nitrogen and oxygen atoms in total. The van der Waals surface area contributed by atoms with E-state index in [1.54, 1.807) is 0 Å². The molecule has 1 saturated carbocycles. The van der Waals surface area contributed by atoms with Crippen molar-refractivity contribution in [1.82, 2.24) is 15.0 Å². The largest absolute Gasteiger partial charge is 0.486 e. The molecule has 6 heteroatoms. The van der Waals surface area contributed by atoms with Gasteiger partial charge in [0.05, 0.1) is 13.7 Å². The molecule has 1 radical (unpaired) electrons. The smallest absolute Gasteiger partial charge is 0.216 e. The van der Waals surface area contributed by atoms with E-state index in [-0.39, 0.29) is 25.5 Å². The van der Waals surface area contributed by atoms with Crippen molar-refractivity contribution in [3.63, 3.8) is 0 Å². The number of furan rings is 1. The zero-order valence-electron chi connectivity index (χ0n) is 32.6. The van der Waals surface area contributed by atoms with E-state index >= 15 is 0 Å². The molecule has 0 saturated heterocycles. The summed E-state index contributed by atoms with van der Waals surface area (Å²) in [4.78, 5) is 14.0. The second-order valence-corrected chi connectivity index (χ2v) is 22.3. The molecule has 0 N–H and O–H groups in total. The van der Waals surface area contributed by atoms with Crippen molar-refractivity contribution < 1.29 is 24.5 Å². The van der Waals surface area contributed by atoms with Gasteiger partial charge in [-0.15, -0.1) is 53.6 Å². The van der Waals surface area contributed by atoms with Crippen LogP contribution >= 0.6 is 0 Å². The molecule has 275 valence electrons. The van der Waals surface area contributed by atoms with Crippen molar-refractivity contribution in [3.8, 4) is 22.5 Å². The molecule has 0 aliphatic heterocycles. The van der Waals surface area contributed by atoms with Crippen LogP contribution in [0.5, 0.6) is 0 Å². The first kappa shape index (κ1) is 39.8. The molecule has 4 heterocycles. The molecule has 0 atom stereocenters. The molecule has 0 bridgehead atoms. The van der Waals surface area contributed by atoms with Crippen LogP contribution in [0.1, 0.15) is 95.0 Å². The van der Waals surface area contributed by atoms with Crippen molar-refractivity contribution in [2.45, 2.75) is 112 Å². The number of aromatic nitrogens is 3. The minimum Gasteiger partial charge on any atom is -0.486 e. The number of hydrogen-bond acceptors (Lipinski definition) is 4. The molecule has 0 unspecified atom stereocenters. The van der Waals surface area contributed by atoms with Gasteiger partial charge in [-0.05, 0) is 84.6 Å². The Labute approximate surface area is 326 Å². The Kier molecular flexibility index (Phi) is 12.8. The molecule has 2 aromatic carbocycles. The van der Waals surface area contributed by atoms with Crippen LogP contribution in [-0.4, -0.2) is 23.0 Å². The van der Waals surface area contributed by atoms with Gasteiger partial charge in [-0.2, -0.15) is 0 Å². The van der Waals surface area contributed by atoms with Crippen molar-refractivity contribution in [2.75, 3.05) is 0 Å². The van der Waals surface area contributed by atoms with E-state index in [4.69, 9.17) is 9.40 Å². The van der Waals surface area contributed by atoms with Gasteiger partial charge in [0.25, 0.3) is 0 Å². The Hall–Kier alpha value is -3.44. The fourth-order valence-corrected chi connectivity index (χ4v) is 9.08. The van der Waals surface area contributed by atoms with Gasteiger partial charge >= 0.3 is 0 Å². The third-order valence-corrected chi connectivity index (χ3v) is 11.9. The van der Waals surface area contributed by atoms with Gasteiger partial charge in [0, 0.05) is 43.6 Å². The Morgan fingerprint density at radius 1 is 0.865 bits per heavy atom. The number of hydrogen-bond donors (Lipinski definition) is 0. The average molecular weight is 886 g/mol. The predicted octanol–water partition coefficient (Wildman–Crippen LogP) is 12.1. The number of pyridine rings is 3. The maximum absolute atomic E-state index is 6.08. The van der Waals surface area contributed by atoms with E-state index < -0.39 is 8.07 Å². The van der Waals surface area contributed by atoms with E-state index in [2.05, 4.69) is 125 Å². The summed E-state index contributed by atoms with van der Waals surface area (Å²) in [5.74, 6) is 1.39. The van der Waals surface area contributed by atoms with Crippen molar-refractivity contribution >= 4 is 35.3 Å². The van der Waals surface area contributed by atoms with Gasteiger partial charge in [-0.1, -0.05) is 108 Å². The summed E-state index contributed by atoms with van der Waals surface area (Å²) >= 11 is 0. The molecule has 1 aliphatic rings. The van der Waals surface area contributed by atoms with Gasteiger partial charge in [0.15, 0.2) is 0 Å². The quantitative estimate of drug-likeness (QED) is 0.118. The molecular weight excluding hydrogens is 831 g/mol. The molecular formula is C46H55IrN3OSi-2. The van der Waals surface area contributed by atoms with E-state index in [0.29, 0.717) is 11.6 Å². The van der Waals surface area contributed by atoms with E-state index in [1.807, 2.05) is 31.3 Å². The topological polar surface area (TPSA) is 51.8 Å². The molecule has 0 amide bonds. The zero-order valence-corrected chi connectivity index (χ0v) is 36.0. The molecule has 4 aromatic heterocycles. The predicted molar refractivity (Wildman–Crippen MR) is 217 cm³/mol.